The lowest BCUT2D eigenvalue weighted by molar-refractivity contribution is -0.147. The molecule has 0 radical (unpaired) electrons. The first kappa shape index (κ1) is 17.6. The van der Waals surface area contributed by atoms with Crippen molar-refractivity contribution in [1.82, 2.24) is 10.3 Å². The van der Waals surface area contributed by atoms with Crippen LogP contribution in [0.5, 0.6) is 0 Å². The highest BCUT2D eigenvalue weighted by Gasteiger charge is 2.12. The van der Waals surface area contributed by atoms with Crippen LogP contribution in [0.1, 0.15) is 43.2 Å². The topological polar surface area (TPSA) is 94.6 Å². The van der Waals surface area contributed by atoms with E-state index in [1.165, 1.54) is 25.3 Å². The van der Waals surface area contributed by atoms with E-state index in [0.717, 1.165) is 0 Å². The Morgan fingerprint density at radius 3 is 2.73 bits per heavy atom. The number of amides is 1. The third-order valence-corrected chi connectivity index (χ3v) is 2.80. The van der Waals surface area contributed by atoms with E-state index in [9.17, 15) is 14.4 Å². The lowest BCUT2D eigenvalue weighted by Crippen LogP contribution is -2.32. The fraction of sp³-hybridized carbons (Fsp3) is 0.467. The Morgan fingerprint density at radius 1 is 1.36 bits per heavy atom. The molecule has 1 heterocycles. The molecule has 1 aromatic heterocycles. The van der Waals surface area contributed by atoms with Crippen LogP contribution >= 0.6 is 0 Å². The summed E-state index contributed by atoms with van der Waals surface area (Å²) in [5, 5.41) is 2.47. The largest absolute Gasteiger partial charge is 0.461 e. The monoisotopic (exact) mass is 308 g/mol. The zero-order valence-electron chi connectivity index (χ0n) is 12.9. The van der Waals surface area contributed by atoms with Crippen LogP contribution in [0.25, 0.3) is 0 Å². The normalized spacial score (nSPS) is 11.4. The van der Waals surface area contributed by atoms with Gasteiger partial charge in [-0.2, -0.15) is 0 Å². The number of ether oxygens (including phenoxy) is 2. The Kier molecular flexibility index (Phi) is 7.01. The number of esters is 2. The molecule has 0 bridgehead atoms. The van der Waals surface area contributed by atoms with Crippen molar-refractivity contribution in [2.45, 2.75) is 39.9 Å². The van der Waals surface area contributed by atoms with Crippen molar-refractivity contribution in [3.05, 3.63) is 29.6 Å². The number of nitrogens with zero attached hydrogens (tertiary/aromatic N) is 1. The van der Waals surface area contributed by atoms with E-state index >= 15 is 0 Å². The van der Waals surface area contributed by atoms with Gasteiger partial charge in [-0.3, -0.25) is 19.4 Å². The molecule has 0 fully saturated rings. The van der Waals surface area contributed by atoms with Gasteiger partial charge in [0.15, 0.2) is 0 Å². The number of hydrogen-bond acceptors (Lipinski definition) is 6. The first-order valence-corrected chi connectivity index (χ1v) is 6.98. The van der Waals surface area contributed by atoms with E-state index in [0.29, 0.717) is 17.7 Å². The van der Waals surface area contributed by atoms with Crippen LogP contribution in [-0.4, -0.2) is 35.5 Å². The van der Waals surface area contributed by atoms with Crippen molar-refractivity contribution in [2.75, 3.05) is 6.54 Å². The van der Waals surface area contributed by atoms with Crippen LogP contribution in [0.4, 0.5) is 0 Å². The van der Waals surface area contributed by atoms with Crippen LogP contribution < -0.4 is 5.32 Å². The van der Waals surface area contributed by atoms with Gasteiger partial charge in [-0.15, -0.1) is 0 Å². The highest BCUT2D eigenvalue weighted by atomic mass is 16.5. The zero-order chi connectivity index (χ0) is 16.5. The molecule has 1 atom stereocenters. The fourth-order valence-electron chi connectivity index (χ4n) is 1.48. The minimum Gasteiger partial charge on any atom is -0.461 e. The molecule has 22 heavy (non-hydrogen) atoms. The maximum atomic E-state index is 11.9. The van der Waals surface area contributed by atoms with Crippen LogP contribution in [0.2, 0.25) is 0 Å². The van der Waals surface area contributed by atoms with Crippen molar-refractivity contribution in [2.24, 2.45) is 0 Å². The molecule has 1 N–H and O–H groups in total. The number of nitrogens with one attached hydrogen (secondary N) is 1. The van der Waals surface area contributed by atoms with Crippen LogP contribution in [0, 0.1) is 0 Å². The second-order valence-electron chi connectivity index (χ2n) is 4.71. The van der Waals surface area contributed by atoms with Crippen molar-refractivity contribution >= 4 is 17.8 Å². The average Bonchev–Trinajstić information content (AvgIpc) is 2.50. The molecule has 0 saturated carbocycles. The molecule has 0 aliphatic rings. The van der Waals surface area contributed by atoms with Gasteiger partial charge in [-0.25, -0.2) is 0 Å². The van der Waals surface area contributed by atoms with E-state index in [1.807, 2.05) is 6.92 Å². The Hall–Kier alpha value is -2.44. The number of carbonyl (C=O) groups excluding carboxylic acids is 3. The third kappa shape index (κ3) is 6.34. The van der Waals surface area contributed by atoms with Gasteiger partial charge >= 0.3 is 11.9 Å². The molecule has 0 unspecified atom stereocenters. The molecule has 0 saturated heterocycles. The molecule has 7 heteroatoms. The fourth-order valence-corrected chi connectivity index (χ4v) is 1.48. The SMILES string of the molecule is CC[C@@H](C)OC(=O)CNC(=O)c1ccnc(COC(C)=O)c1. The molecule has 1 aromatic rings. The van der Waals surface area contributed by atoms with Gasteiger partial charge in [-0.05, 0) is 25.5 Å². The van der Waals surface area contributed by atoms with Crippen molar-refractivity contribution in [3.8, 4) is 0 Å². The maximum absolute atomic E-state index is 11.9. The number of rotatable bonds is 7. The minimum absolute atomic E-state index is 0.00743. The van der Waals surface area contributed by atoms with Crippen LogP contribution in [0.15, 0.2) is 18.3 Å². The third-order valence-electron chi connectivity index (χ3n) is 2.80. The maximum Gasteiger partial charge on any atom is 0.325 e. The van der Waals surface area contributed by atoms with Crippen molar-refractivity contribution < 1.29 is 23.9 Å². The lowest BCUT2D eigenvalue weighted by atomic mass is 10.2. The molecule has 0 spiro atoms. The van der Waals surface area contributed by atoms with Gasteiger partial charge in [0.05, 0.1) is 11.8 Å². The van der Waals surface area contributed by atoms with Gasteiger partial charge in [0.1, 0.15) is 13.2 Å². The highest BCUT2D eigenvalue weighted by Crippen LogP contribution is 2.04. The standard InChI is InChI=1S/C15H20N2O5/c1-4-10(2)22-14(19)8-17-15(20)12-5-6-16-13(7-12)9-21-11(3)18/h5-7,10H,4,8-9H2,1-3H3,(H,17,20)/t10-/m1/s1. The molecular formula is C15H20N2O5. The summed E-state index contributed by atoms with van der Waals surface area (Å²) in [7, 11) is 0. The highest BCUT2D eigenvalue weighted by molar-refractivity contribution is 5.95. The van der Waals surface area contributed by atoms with E-state index in [2.05, 4.69) is 10.3 Å². The summed E-state index contributed by atoms with van der Waals surface area (Å²) in [5.41, 5.74) is 0.776. The summed E-state index contributed by atoms with van der Waals surface area (Å²) in [6.07, 6.45) is 1.97. The second kappa shape index (κ2) is 8.76. The Labute approximate surface area is 129 Å². The first-order chi connectivity index (χ1) is 10.4. The van der Waals surface area contributed by atoms with Crippen LogP contribution in [0.3, 0.4) is 0 Å². The number of carbonyl (C=O) groups is 3. The Bertz CT molecular complexity index is 544. The van der Waals surface area contributed by atoms with Gasteiger partial charge in [0.25, 0.3) is 5.91 Å². The summed E-state index contributed by atoms with van der Waals surface area (Å²) in [6, 6.07) is 3.00. The summed E-state index contributed by atoms with van der Waals surface area (Å²) < 4.78 is 9.86. The molecule has 1 amide bonds. The Balaban J connectivity index is 2.53. The summed E-state index contributed by atoms with van der Waals surface area (Å²) >= 11 is 0. The second-order valence-corrected chi connectivity index (χ2v) is 4.71. The molecule has 7 nitrogen and oxygen atoms in total. The van der Waals surface area contributed by atoms with Gasteiger partial charge in [-0.1, -0.05) is 6.92 Å². The molecule has 0 aliphatic carbocycles. The Morgan fingerprint density at radius 2 is 2.09 bits per heavy atom. The smallest absolute Gasteiger partial charge is 0.325 e. The molecular weight excluding hydrogens is 288 g/mol. The molecule has 1 rings (SSSR count). The van der Waals surface area contributed by atoms with Gasteiger partial charge in [0, 0.05) is 18.7 Å². The van der Waals surface area contributed by atoms with Gasteiger partial charge in [0.2, 0.25) is 0 Å². The number of aromatic nitrogens is 1. The van der Waals surface area contributed by atoms with Gasteiger partial charge < -0.3 is 14.8 Å². The van der Waals surface area contributed by atoms with E-state index in [4.69, 9.17) is 9.47 Å². The molecule has 120 valence electrons. The number of hydrogen-bond donors (Lipinski definition) is 1. The predicted molar refractivity (Wildman–Crippen MR) is 77.9 cm³/mol. The van der Waals surface area contributed by atoms with Crippen molar-refractivity contribution in [1.29, 1.82) is 0 Å². The summed E-state index contributed by atoms with van der Waals surface area (Å²) in [5.74, 6) is -1.34. The first-order valence-electron chi connectivity index (χ1n) is 6.98. The van der Waals surface area contributed by atoms with E-state index in [1.54, 1.807) is 6.92 Å². The van der Waals surface area contributed by atoms with Crippen LogP contribution in [-0.2, 0) is 25.7 Å². The summed E-state index contributed by atoms with van der Waals surface area (Å²) in [4.78, 5) is 38.2. The molecule has 0 aromatic carbocycles. The predicted octanol–water partition coefficient (Wildman–Crippen LogP) is 1.22. The quantitative estimate of drug-likeness (QED) is 0.761. The summed E-state index contributed by atoms with van der Waals surface area (Å²) in [6.45, 7) is 4.76. The number of pyridine rings is 1. The van der Waals surface area contributed by atoms with Crippen molar-refractivity contribution in [3.63, 3.8) is 0 Å². The molecule has 0 aliphatic heterocycles. The average molecular weight is 308 g/mol. The lowest BCUT2D eigenvalue weighted by Gasteiger charge is -2.11. The van der Waals surface area contributed by atoms with E-state index < -0.39 is 17.8 Å². The van der Waals surface area contributed by atoms with E-state index in [-0.39, 0.29) is 19.3 Å². The minimum atomic E-state index is -0.489. The zero-order valence-corrected chi connectivity index (χ0v) is 12.9.